The molecule has 0 saturated carbocycles. The van der Waals surface area contributed by atoms with Crippen molar-refractivity contribution in [2.75, 3.05) is 26.2 Å². The molecule has 1 fully saturated rings. The quantitative estimate of drug-likeness (QED) is 0.904. The lowest BCUT2D eigenvalue weighted by molar-refractivity contribution is 0.0675. The van der Waals surface area contributed by atoms with Crippen molar-refractivity contribution in [3.05, 3.63) is 36.2 Å². The van der Waals surface area contributed by atoms with Gasteiger partial charge in [0.2, 0.25) is 0 Å². The lowest BCUT2D eigenvalue weighted by Gasteiger charge is -2.31. The largest absolute Gasteiger partial charge is 0.337 e. The van der Waals surface area contributed by atoms with Gasteiger partial charge in [-0.3, -0.25) is 9.48 Å². The molecule has 7 nitrogen and oxygen atoms in total. The number of likely N-dealkylation sites (tertiary alicyclic amines) is 1. The van der Waals surface area contributed by atoms with E-state index in [-0.39, 0.29) is 5.91 Å². The third-order valence-electron chi connectivity index (χ3n) is 5.04. The SMILES string of the molecule is O=C(c1cn2c(n1)CCNCC2)N1CCC(Cn2cccn2)CC1. The molecule has 4 rings (SSSR count). The topological polar surface area (TPSA) is 68.0 Å². The van der Waals surface area contributed by atoms with Crippen LogP contribution < -0.4 is 5.32 Å². The fraction of sp³-hybridized carbons (Fsp3) is 0.588. The minimum Gasteiger partial charge on any atom is -0.337 e. The first-order chi connectivity index (χ1) is 11.8. The highest BCUT2D eigenvalue weighted by Crippen LogP contribution is 2.20. The van der Waals surface area contributed by atoms with Gasteiger partial charge in [0.1, 0.15) is 11.5 Å². The molecule has 1 N–H and O–H groups in total. The van der Waals surface area contributed by atoms with Crippen LogP contribution in [0.3, 0.4) is 0 Å². The number of aromatic nitrogens is 4. The van der Waals surface area contributed by atoms with Gasteiger partial charge in [-0.15, -0.1) is 0 Å². The highest BCUT2D eigenvalue weighted by atomic mass is 16.2. The predicted octanol–water partition coefficient (Wildman–Crippen LogP) is 0.778. The van der Waals surface area contributed by atoms with Gasteiger partial charge in [-0.25, -0.2) is 4.98 Å². The Balaban J connectivity index is 1.36. The number of nitrogens with zero attached hydrogens (tertiary/aromatic N) is 5. The van der Waals surface area contributed by atoms with E-state index in [9.17, 15) is 4.79 Å². The van der Waals surface area contributed by atoms with Gasteiger partial charge < -0.3 is 14.8 Å². The smallest absolute Gasteiger partial charge is 0.274 e. The molecule has 7 heteroatoms. The number of nitrogens with one attached hydrogen (secondary N) is 1. The number of rotatable bonds is 3. The summed E-state index contributed by atoms with van der Waals surface area (Å²) in [4.78, 5) is 19.3. The molecule has 0 atom stereocenters. The molecule has 24 heavy (non-hydrogen) atoms. The maximum Gasteiger partial charge on any atom is 0.274 e. The van der Waals surface area contributed by atoms with E-state index in [1.54, 1.807) is 0 Å². The van der Waals surface area contributed by atoms with Crippen LogP contribution in [0.2, 0.25) is 0 Å². The first kappa shape index (κ1) is 15.4. The van der Waals surface area contributed by atoms with Crippen LogP contribution in [0.25, 0.3) is 0 Å². The van der Waals surface area contributed by atoms with E-state index in [1.165, 1.54) is 0 Å². The Bertz CT molecular complexity index is 661. The van der Waals surface area contributed by atoms with Gasteiger partial charge in [-0.1, -0.05) is 0 Å². The number of amides is 1. The molecule has 0 spiro atoms. The van der Waals surface area contributed by atoms with Gasteiger partial charge in [0.25, 0.3) is 5.91 Å². The van der Waals surface area contributed by atoms with Gasteiger partial charge in [0.05, 0.1) is 0 Å². The number of carbonyl (C=O) groups is 1. The third-order valence-corrected chi connectivity index (χ3v) is 5.04. The molecule has 2 aliphatic rings. The molecule has 4 heterocycles. The molecule has 0 aliphatic carbocycles. The zero-order valence-corrected chi connectivity index (χ0v) is 13.9. The number of fused-ring (bicyclic) bond motifs is 1. The van der Waals surface area contributed by atoms with Gasteiger partial charge in [-0.2, -0.15) is 5.10 Å². The highest BCUT2D eigenvalue weighted by molar-refractivity contribution is 5.92. The van der Waals surface area contributed by atoms with E-state index in [0.29, 0.717) is 11.6 Å². The minimum absolute atomic E-state index is 0.0843. The summed E-state index contributed by atoms with van der Waals surface area (Å²) in [5.74, 6) is 1.71. The minimum atomic E-state index is 0.0843. The van der Waals surface area contributed by atoms with E-state index in [0.717, 1.165) is 64.4 Å². The van der Waals surface area contributed by atoms with Crippen LogP contribution in [0.4, 0.5) is 0 Å². The van der Waals surface area contributed by atoms with Crippen LogP contribution in [0, 0.1) is 5.92 Å². The lowest BCUT2D eigenvalue weighted by atomic mass is 9.96. The normalized spacial score (nSPS) is 19.1. The number of imidazole rings is 1. The molecule has 1 amide bonds. The Hall–Kier alpha value is -2.15. The van der Waals surface area contributed by atoms with Crippen molar-refractivity contribution in [2.45, 2.75) is 32.4 Å². The van der Waals surface area contributed by atoms with E-state index in [2.05, 4.69) is 20.0 Å². The van der Waals surface area contributed by atoms with E-state index >= 15 is 0 Å². The Morgan fingerprint density at radius 1 is 1.25 bits per heavy atom. The maximum absolute atomic E-state index is 12.7. The van der Waals surface area contributed by atoms with Crippen molar-refractivity contribution in [1.29, 1.82) is 0 Å². The first-order valence-electron chi connectivity index (χ1n) is 8.83. The predicted molar refractivity (Wildman–Crippen MR) is 89.7 cm³/mol. The monoisotopic (exact) mass is 328 g/mol. The summed E-state index contributed by atoms with van der Waals surface area (Å²) in [6.07, 6.45) is 8.70. The summed E-state index contributed by atoms with van der Waals surface area (Å²) in [5, 5.41) is 7.63. The zero-order valence-electron chi connectivity index (χ0n) is 13.9. The Morgan fingerprint density at radius 3 is 2.92 bits per heavy atom. The highest BCUT2D eigenvalue weighted by Gasteiger charge is 2.26. The number of hydrogen-bond acceptors (Lipinski definition) is 4. The Labute approximate surface area is 141 Å². The molecule has 0 unspecified atom stereocenters. The molecule has 0 aromatic carbocycles. The molecule has 2 aliphatic heterocycles. The summed E-state index contributed by atoms with van der Waals surface area (Å²) in [6, 6.07) is 1.96. The Morgan fingerprint density at radius 2 is 2.12 bits per heavy atom. The van der Waals surface area contributed by atoms with Crippen LogP contribution >= 0.6 is 0 Å². The zero-order chi connectivity index (χ0) is 16.4. The molecule has 2 aromatic heterocycles. The van der Waals surface area contributed by atoms with Crippen LogP contribution in [-0.4, -0.2) is 56.3 Å². The summed E-state index contributed by atoms with van der Waals surface area (Å²) < 4.78 is 4.11. The average Bonchev–Trinajstić information content (AvgIpc) is 3.20. The van der Waals surface area contributed by atoms with Crippen molar-refractivity contribution in [3.63, 3.8) is 0 Å². The summed E-state index contributed by atoms with van der Waals surface area (Å²) in [6.45, 7) is 5.34. The van der Waals surface area contributed by atoms with Gasteiger partial charge in [0.15, 0.2) is 0 Å². The fourth-order valence-electron chi connectivity index (χ4n) is 3.63. The second-order valence-corrected chi connectivity index (χ2v) is 6.70. The van der Waals surface area contributed by atoms with Crippen LogP contribution in [-0.2, 0) is 19.5 Å². The second-order valence-electron chi connectivity index (χ2n) is 6.70. The standard InChI is InChI=1S/C17H24N6O/c24-17(15-13-22-11-7-18-6-2-16(22)20-15)21-9-3-14(4-10-21)12-23-8-1-5-19-23/h1,5,8,13-14,18H,2-4,6-7,9-12H2. The average molecular weight is 328 g/mol. The van der Waals surface area contributed by atoms with Crippen molar-refractivity contribution < 1.29 is 4.79 Å². The summed E-state index contributed by atoms with van der Waals surface area (Å²) in [7, 11) is 0. The van der Waals surface area contributed by atoms with Crippen LogP contribution in [0.15, 0.2) is 24.7 Å². The van der Waals surface area contributed by atoms with Crippen LogP contribution in [0.1, 0.15) is 29.2 Å². The number of hydrogen-bond donors (Lipinski definition) is 1. The maximum atomic E-state index is 12.7. The van der Waals surface area contributed by atoms with E-state index in [4.69, 9.17) is 0 Å². The van der Waals surface area contributed by atoms with Crippen molar-refractivity contribution in [2.24, 2.45) is 5.92 Å². The van der Waals surface area contributed by atoms with Crippen molar-refractivity contribution in [3.8, 4) is 0 Å². The first-order valence-corrected chi connectivity index (χ1v) is 8.83. The number of carbonyl (C=O) groups excluding carboxylic acids is 1. The third kappa shape index (κ3) is 3.21. The van der Waals surface area contributed by atoms with Crippen molar-refractivity contribution >= 4 is 5.91 Å². The molecular formula is C17H24N6O. The lowest BCUT2D eigenvalue weighted by Crippen LogP contribution is -2.39. The Kier molecular flexibility index (Phi) is 4.34. The van der Waals surface area contributed by atoms with E-state index in [1.807, 2.05) is 34.2 Å². The molecular weight excluding hydrogens is 304 g/mol. The molecule has 0 radical (unpaired) electrons. The summed E-state index contributed by atoms with van der Waals surface area (Å²) >= 11 is 0. The molecule has 0 bridgehead atoms. The fourth-order valence-corrected chi connectivity index (χ4v) is 3.63. The molecule has 1 saturated heterocycles. The van der Waals surface area contributed by atoms with Crippen molar-refractivity contribution in [1.82, 2.24) is 29.5 Å². The van der Waals surface area contributed by atoms with E-state index < -0.39 is 0 Å². The molecule has 128 valence electrons. The van der Waals surface area contributed by atoms with Gasteiger partial charge >= 0.3 is 0 Å². The molecule has 2 aromatic rings. The van der Waals surface area contributed by atoms with Gasteiger partial charge in [-0.05, 0) is 24.8 Å². The second kappa shape index (κ2) is 6.76. The summed E-state index contributed by atoms with van der Waals surface area (Å²) in [5.41, 5.74) is 0.609. The number of piperidine rings is 1. The van der Waals surface area contributed by atoms with Crippen LogP contribution in [0.5, 0.6) is 0 Å². The van der Waals surface area contributed by atoms with Gasteiger partial charge in [0, 0.05) is 64.3 Å².